The lowest BCUT2D eigenvalue weighted by molar-refractivity contribution is 0.0714. The number of aliphatic hydroxyl groups excluding tert-OH is 1. The maximum Gasteiger partial charge on any atom is 0.256 e. The average molecular weight is 239 g/mol. The Balaban J connectivity index is 2.80. The monoisotopic (exact) mass is 239 g/mol. The highest BCUT2D eigenvalue weighted by Crippen LogP contribution is 2.10. The van der Waals surface area contributed by atoms with E-state index in [0.29, 0.717) is 6.54 Å². The summed E-state index contributed by atoms with van der Waals surface area (Å²) in [7, 11) is 0. The van der Waals surface area contributed by atoms with E-state index in [9.17, 15) is 9.18 Å². The van der Waals surface area contributed by atoms with E-state index in [-0.39, 0.29) is 24.6 Å². The van der Waals surface area contributed by atoms with Crippen molar-refractivity contribution >= 4 is 5.91 Å². The van der Waals surface area contributed by atoms with Gasteiger partial charge in [-0.3, -0.25) is 4.79 Å². The number of hydrogen-bond acceptors (Lipinski definition) is 2. The van der Waals surface area contributed by atoms with Gasteiger partial charge in [-0.1, -0.05) is 25.5 Å². The van der Waals surface area contributed by atoms with Gasteiger partial charge in [0, 0.05) is 13.1 Å². The van der Waals surface area contributed by atoms with Crippen LogP contribution in [0.2, 0.25) is 0 Å². The van der Waals surface area contributed by atoms with Crippen molar-refractivity contribution in [1.29, 1.82) is 0 Å². The molecule has 0 radical (unpaired) electrons. The number of unbranched alkanes of at least 4 members (excludes halogenated alkanes) is 1. The van der Waals surface area contributed by atoms with E-state index >= 15 is 0 Å². The SMILES string of the molecule is CCCCN(CCO)C(=O)c1ccccc1F. The van der Waals surface area contributed by atoms with Crippen molar-refractivity contribution in [1.82, 2.24) is 4.90 Å². The lowest BCUT2D eigenvalue weighted by Gasteiger charge is -2.21. The van der Waals surface area contributed by atoms with E-state index in [0.717, 1.165) is 12.8 Å². The van der Waals surface area contributed by atoms with E-state index in [1.807, 2.05) is 6.92 Å². The molecule has 94 valence electrons. The minimum absolute atomic E-state index is 0.0667. The number of hydrogen-bond donors (Lipinski definition) is 1. The first kappa shape index (κ1) is 13.6. The quantitative estimate of drug-likeness (QED) is 0.825. The van der Waals surface area contributed by atoms with Crippen molar-refractivity contribution in [2.24, 2.45) is 0 Å². The summed E-state index contributed by atoms with van der Waals surface area (Å²) in [5.41, 5.74) is 0.0667. The first-order chi connectivity index (χ1) is 8.20. The summed E-state index contributed by atoms with van der Waals surface area (Å²) in [6, 6.07) is 5.92. The molecule has 1 N–H and O–H groups in total. The molecule has 1 aromatic carbocycles. The number of nitrogens with zero attached hydrogens (tertiary/aromatic N) is 1. The van der Waals surface area contributed by atoms with Crippen LogP contribution in [0.25, 0.3) is 0 Å². The molecule has 1 amide bonds. The molecule has 1 rings (SSSR count). The van der Waals surface area contributed by atoms with Crippen molar-refractivity contribution in [3.05, 3.63) is 35.6 Å². The second-order valence-corrected chi connectivity index (χ2v) is 3.85. The van der Waals surface area contributed by atoms with Crippen LogP contribution in [0.15, 0.2) is 24.3 Å². The Morgan fingerprint density at radius 1 is 1.35 bits per heavy atom. The molecule has 0 heterocycles. The molecule has 1 aromatic rings. The van der Waals surface area contributed by atoms with Gasteiger partial charge >= 0.3 is 0 Å². The minimum atomic E-state index is -0.517. The lowest BCUT2D eigenvalue weighted by atomic mass is 10.1. The van der Waals surface area contributed by atoms with Crippen molar-refractivity contribution in [2.45, 2.75) is 19.8 Å². The van der Waals surface area contributed by atoms with Crippen LogP contribution in [0.3, 0.4) is 0 Å². The highest BCUT2D eigenvalue weighted by molar-refractivity contribution is 5.94. The molecule has 0 aliphatic carbocycles. The van der Waals surface area contributed by atoms with E-state index in [2.05, 4.69) is 0 Å². The summed E-state index contributed by atoms with van der Waals surface area (Å²) in [5.74, 6) is -0.873. The molecule has 0 aliphatic rings. The van der Waals surface area contributed by atoms with Gasteiger partial charge in [0.25, 0.3) is 5.91 Å². The molecule has 0 unspecified atom stereocenters. The van der Waals surface area contributed by atoms with Crippen molar-refractivity contribution in [2.75, 3.05) is 19.7 Å². The maximum atomic E-state index is 13.5. The molecule has 0 saturated heterocycles. The van der Waals surface area contributed by atoms with Gasteiger partial charge in [-0.2, -0.15) is 0 Å². The van der Waals surface area contributed by atoms with Crippen LogP contribution >= 0.6 is 0 Å². The minimum Gasteiger partial charge on any atom is -0.395 e. The molecule has 0 aliphatic heterocycles. The van der Waals surface area contributed by atoms with Gasteiger partial charge < -0.3 is 10.0 Å². The van der Waals surface area contributed by atoms with Crippen LogP contribution in [0.4, 0.5) is 4.39 Å². The number of carbonyl (C=O) groups excluding carboxylic acids is 1. The van der Waals surface area contributed by atoms with Crippen LogP contribution in [-0.4, -0.2) is 35.6 Å². The van der Waals surface area contributed by atoms with Crippen molar-refractivity contribution in [3.63, 3.8) is 0 Å². The maximum absolute atomic E-state index is 13.5. The molecule has 0 aromatic heterocycles. The Morgan fingerprint density at radius 2 is 2.06 bits per heavy atom. The molecule has 0 spiro atoms. The number of aliphatic hydroxyl groups is 1. The van der Waals surface area contributed by atoms with Gasteiger partial charge in [-0.05, 0) is 18.6 Å². The number of carbonyl (C=O) groups is 1. The molecule has 0 bridgehead atoms. The zero-order chi connectivity index (χ0) is 12.7. The first-order valence-corrected chi connectivity index (χ1v) is 5.85. The Hall–Kier alpha value is -1.42. The van der Waals surface area contributed by atoms with E-state index in [1.54, 1.807) is 12.1 Å². The normalized spacial score (nSPS) is 10.3. The van der Waals surface area contributed by atoms with Crippen LogP contribution in [0.5, 0.6) is 0 Å². The standard InChI is InChI=1S/C13H18FNO2/c1-2-3-8-15(9-10-16)13(17)11-6-4-5-7-12(11)14/h4-7,16H,2-3,8-10H2,1H3. The number of halogens is 1. The third kappa shape index (κ3) is 3.82. The predicted octanol–water partition coefficient (Wildman–Crippen LogP) is 2.06. The van der Waals surface area contributed by atoms with Crippen molar-refractivity contribution in [3.8, 4) is 0 Å². The fourth-order valence-electron chi connectivity index (χ4n) is 1.59. The zero-order valence-corrected chi connectivity index (χ0v) is 10.0. The molecule has 0 fully saturated rings. The van der Waals surface area contributed by atoms with E-state index in [1.165, 1.54) is 17.0 Å². The number of amides is 1. The smallest absolute Gasteiger partial charge is 0.256 e. The molecule has 17 heavy (non-hydrogen) atoms. The van der Waals surface area contributed by atoms with Crippen LogP contribution in [0, 0.1) is 5.82 Å². The summed E-state index contributed by atoms with van der Waals surface area (Å²) >= 11 is 0. The Bertz CT molecular complexity index is 368. The molecule has 3 nitrogen and oxygen atoms in total. The van der Waals surface area contributed by atoms with E-state index in [4.69, 9.17) is 5.11 Å². The highest BCUT2D eigenvalue weighted by Gasteiger charge is 2.17. The fourth-order valence-corrected chi connectivity index (χ4v) is 1.59. The van der Waals surface area contributed by atoms with Gasteiger partial charge in [-0.25, -0.2) is 4.39 Å². The van der Waals surface area contributed by atoms with Crippen LogP contribution in [-0.2, 0) is 0 Å². The third-order valence-corrected chi connectivity index (χ3v) is 2.54. The number of rotatable bonds is 6. The summed E-state index contributed by atoms with van der Waals surface area (Å²) in [4.78, 5) is 13.5. The van der Waals surface area contributed by atoms with Gasteiger partial charge in [0.15, 0.2) is 0 Å². The molecule has 4 heteroatoms. The van der Waals surface area contributed by atoms with Crippen LogP contribution in [0.1, 0.15) is 30.1 Å². The number of benzene rings is 1. The Labute approximate surface area is 101 Å². The van der Waals surface area contributed by atoms with Gasteiger partial charge in [0.2, 0.25) is 0 Å². The molecule has 0 atom stereocenters. The molecule has 0 saturated carbocycles. The molecular formula is C13H18FNO2. The second-order valence-electron chi connectivity index (χ2n) is 3.85. The van der Waals surface area contributed by atoms with Gasteiger partial charge in [0.05, 0.1) is 12.2 Å². The summed E-state index contributed by atoms with van der Waals surface area (Å²) < 4.78 is 13.5. The largest absolute Gasteiger partial charge is 0.395 e. The highest BCUT2D eigenvalue weighted by atomic mass is 19.1. The first-order valence-electron chi connectivity index (χ1n) is 5.85. The van der Waals surface area contributed by atoms with E-state index < -0.39 is 5.82 Å². The Kier molecular flexibility index (Phi) is 5.63. The summed E-state index contributed by atoms with van der Waals surface area (Å²) in [5, 5.41) is 8.91. The lowest BCUT2D eigenvalue weighted by Crippen LogP contribution is -2.34. The zero-order valence-electron chi connectivity index (χ0n) is 10.0. The molecular weight excluding hydrogens is 221 g/mol. The Morgan fingerprint density at radius 3 is 2.65 bits per heavy atom. The average Bonchev–Trinajstić information content (AvgIpc) is 2.34. The summed E-state index contributed by atoms with van der Waals surface area (Å²) in [6.45, 7) is 2.70. The summed E-state index contributed by atoms with van der Waals surface area (Å²) in [6.07, 6.45) is 1.80. The predicted molar refractivity (Wildman–Crippen MR) is 64.3 cm³/mol. The fraction of sp³-hybridized carbons (Fsp3) is 0.462. The van der Waals surface area contributed by atoms with Crippen molar-refractivity contribution < 1.29 is 14.3 Å². The third-order valence-electron chi connectivity index (χ3n) is 2.54. The van der Waals surface area contributed by atoms with Gasteiger partial charge in [0.1, 0.15) is 5.82 Å². The van der Waals surface area contributed by atoms with Crippen LogP contribution < -0.4 is 0 Å². The topological polar surface area (TPSA) is 40.5 Å². The van der Waals surface area contributed by atoms with Gasteiger partial charge in [-0.15, -0.1) is 0 Å². The second kappa shape index (κ2) is 7.01.